The topological polar surface area (TPSA) is 103 Å². The molecule has 13 aromatic heterocycles. The van der Waals surface area contributed by atoms with Crippen LogP contribution in [0.4, 0.5) is 8.78 Å². The fourth-order valence-corrected chi connectivity index (χ4v) is 45.7. The monoisotopic (exact) mass is 1770 g/mol. The number of rotatable bonds is 42. The molecule has 23 heteroatoms. The molecule has 0 spiro atoms. The minimum Gasteiger partial charge on any atom is -0.252 e. The molecule has 0 N–H and O–H groups in total. The van der Waals surface area contributed by atoms with Crippen molar-refractivity contribution in [3.63, 3.8) is 0 Å². The van der Waals surface area contributed by atoms with Crippen LogP contribution in [0.15, 0.2) is 85.2 Å². The number of aryl methyl sites for hydroxylation is 2. The number of nitrogens with zero attached hydrogens (tertiary/aromatic N) is 8. The maximum absolute atomic E-state index is 18.8. The predicted octanol–water partition coefficient (Wildman–Crippen LogP) is 30.8. The highest BCUT2D eigenvalue weighted by Crippen LogP contribution is 2.55. The van der Waals surface area contributed by atoms with Crippen LogP contribution in [0.2, 0.25) is 24.2 Å². The van der Waals surface area contributed by atoms with Gasteiger partial charge in [-0.2, -0.15) is 26.2 Å². The van der Waals surface area contributed by atoms with E-state index in [0.717, 1.165) is 174 Å². The molecule has 15 heterocycles. The van der Waals surface area contributed by atoms with Gasteiger partial charge < -0.3 is 0 Å². The van der Waals surface area contributed by atoms with Gasteiger partial charge in [0.15, 0.2) is 11.6 Å². The summed E-state index contributed by atoms with van der Waals surface area (Å²) in [7, 11) is -5.41. The Morgan fingerprint density at radius 1 is 0.304 bits per heavy atom. The van der Waals surface area contributed by atoms with Gasteiger partial charge in [0.2, 0.25) is 0 Å². The Morgan fingerprint density at radius 2 is 0.609 bits per heavy atom. The van der Waals surface area contributed by atoms with Crippen molar-refractivity contribution in [3.05, 3.63) is 107 Å². The molecule has 16 rings (SSSR count). The standard InChI is InChI=1S/C92H108F2N8S11Si2/c1-11-21-27-29-35-59-37-39-65(103-59)67-43-41-63(105-67)61-49-95-83(87-81(61)97-111-101-87)71-47-75-91(109-71)89-73(114(75,51-55(17-7)31-23-13-3)52-56(18-8)32-24-14-4)45-69(107-89)77-79(93)80(94)78(86-85(77)99-113-100-86)70-46-74-90(108-70)92-76(115(74,53-57(19-9)33-25-15-5)54-58(20-10)34-26-16-6)48-72(110-92)84-88-82(98-112-102-88)62(50-96-84)64-42-44-68(106-64)66-40-38-60(104-66)36-30-28-22-12-2/h37-50,55-58H,11-36,51-54H2,1-10H3. The molecule has 2 aliphatic heterocycles. The van der Waals surface area contributed by atoms with Crippen LogP contribution in [0.5, 0.6) is 0 Å². The highest BCUT2D eigenvalue weighted by atomic mass is 32.1. The number of halogens is 2. The normalized spacial score (nSPS) is 16.3. The first-order chi connectivity index (χ1) is 56.3. The van der Waals surface area contributed by atoms with Crippen molar-refractivity contribution in [2.75, 3.05) is 0 Å². The summed E-state index contributed by atoms with van der Waals surface area (Å²) in [6.07, 6.45) is 35.0. The van der Waals surface area contributed by atoms with Gasteiger partial charge in [0.25, 0.3) is 0 Å². The zero-order valence-electron chi connectivity index (χ0n) is 68.4. The van der Waals surface area contributed by atoms with Crippen molar-refractivity contribution in [1.29, 1.82) is 0 Å². The van der Waals surface area contributed by atoms with Crippen molar-refractivity contribution in [2.45, 2.75) is 260 Å². The molecule has 0 bridgehead atoms. The molecular formula is C92H108F2N8S11Si2. The number of benzene rings is 1. The second-order valence-electron chi connectivity index (χ2n) is 32.8. The fourth-order valence-electron chi connectivity index (χ4n) is 18.9. The molecule has 115 heavy (non-hydrogen) atoms. The second kappa shape index (κ2) is 37.5. The quantitative estimate of drug-likeness (QED) is 0.0275. The summed E-state index contributed by atoms with van der Waals surface area (Å²) in [5.74, 6) is 0.432. The van der Waals surface area contributed by atoms with Gasteiger partial charge in [0, 0.05) is 91.8 Å². The third-order valence-corrected chi connectivity index (χ3v) is 48.3. The maximum atomic E-state index is 18.8. The summed E-state index contributed by atoms with van der Waals surface area (Å²) in [6, 6.07) is 32.5. The van der Waals surface area contributed by atoms with Gasteiger partial charge >= 0.3 is 0 Å². The highest BCUT2D eigenvalue weighted by Gasteiger charge is 2.53. The zero-order valence-corrected chi connectivity index (χ0v) is 79.4. The summed E-state index contributed by atoms with van der Waals surface area (Å²) >= 11 is 18.1. The average Bonchev–Trinajstić information content (AvgIpc) is 1.54. The molecule has 604 valence electrons. The molecule has 1 aromatic carbocycles. The number of hydrogen-bond donors (Lipinski definition) is 0. The van der Waals surface area contributed by atoms with E-state index in [1.165, 1.54) is 196 Å². The lowest BCUT2D eigenvalue weighted by Gasteiger charge is -2.35. The van der Waals surface area contributed by atoms with E-state index in [1.54, 1.807) is 22.7 Å². The Balaban J connectivity index is 0.799. The molecule has 14 aromatic rings. The van der Waals surface area contributed by atoms with Crippen LogP contribution in [0, 0.1) is 35.3 Å². The Kier molecular flexibility index (Phi) is 27.2. The minimum atomic E-state index is -2.71. The summed E-state index contributed by atoms with van der Waals surface area (Å²) in [5.41, 5.74) is 8.67. The van der Waals surface area contributed by atoms with Crippen LogP contribution >= 0.6 is 126 Å². The Labute approximate surface area is 726 Å². The molecule has 0 saturated heterocycles. The number of thiophene rings is 8. The molecule has 0 fully saturated rings. The van der Waals surface area contributed by atoms with E-state index in [9.17, 15) is 0 Å². The molecular weight excluding hydrogens is 1660 g/mol. The molecule has 0 amide bonds. The maximum Gasteiger partial charge on any atom is 0.170 e. The molecule has 0 saturated carbocycles. The lowest BCUT2D eigenvalue weighted by molar-refractivity contribution is 0.469. The van der Waals surface area contributed by atoms with Crippen LogP contribution in [-0.2, 0) is 12.8 Å². The van der Waals surface area contributed by atoms with Crippen LogP contribution in [0.3, 0.4) is 0 Å². The number of pyridine rings is 2. The summed E-state index contributed by atoms with van der Waals surface area (Å²) in [4.78, 5) is 29.9. The summed E-state index contributed by atoms with van der Waals surface area (Å²) in [5, 5.41) is 5.80. The lowest BCUT2D eigenvalue weighted by atomic mass is 10.0. The second-order valence-corrected chi connectivity index (χ2v) is 51.3. The SMILES string of the molecule is CCCCCCc1ccc(-c2ccc(-c3cnc(-c4cc5c(s4)-c4sc(-c6c(F)c(F)c(-c7cc8c(s7)-c7sc(-c9ncc(-c%10ccc(-c%11ccc(CCCCCC)s%11)s%10)c%10nsnc9%10)cc7[Si]8(CC(CC)CCCC)CC(CC)CCCC)c7nsnc67)cc4[Si]5(CC(CC)CCCC)CC(CC)CCCC)c4nsnc34)s2)s1. The van der Waals surface area contributed by atoms with E-state index in [4.69, 9.17) is 36.2 Å². The van der Waals surface area contributed by atoms with Crippen molar-refractivity contribution in [2.24, 2.45) is 23.7 Å². The smallest absolute Gasteiger partial charge is 0.170 e. The molecule has 0 aliphatic carbocycles. The van der Waals surface area contributed by atoms with E-state index in [-0.39, 0.29) is 11.1 Å². The van der Waals surface area contributed by atoms with Crippen LogP contribution in [0.25, 0.3) is 135 Å². The van der Waals surface area contributed by atoms with E-state index >= 15 is 8.78 Å². The Hall–Kier alpha value is -5.13. The van der Waals surface area contributed by atoms with Crippen molar-refractivity contribution < 1.29 is 8.78 Å². The van der Waals surface area contributed by atoms with Crippen LogP contribution < -0.4 is 20.7 Å². The van der Waals surface area contributed by atoms with Gasteiger partial charge in [-0.15, -0.1) is 90.7 Å². The number of aromatic nitrogens is 8. The molecule has 4 atom stereocenters. The van der Waals surface area contributed by atoms with E-state index in [2.05, 4.69) is 142 Å². The molecule has 4 unspecified atom stereocenters. The van der Waals surface area contributed by atoms with E-state index in [1.807, 2.05) is 80.4 Å². The first-order valence-electron chi connectivity index (χ1n) is 43.2. The minimum absolute atomic E-state index is 0.250. The van der Waals surface area contributed by atoms with Crippen LogP contribution in [-0.4, -0.2) is 52.4 Å². The Bertz CT molecular complexity index is 5280. The molecule has 0 radical (unpaired) electrons. The molecule has 8 nitrogen and oxygen atoms in total. The molecule has 2 aliphatic rings. The van der Waals surface area contributed by atoms with Gasteiger partial charge in [-0.3, -0.25) is 9.97 Å². The summed E-state index contributed by atoms with van der Waals surface area (Å²) < 4.78 is 68.1. The Morgan fingerprint density at radius 3 is 0.957 bits per heavy atom. The van der Waals surface area contributed by atoms with Crippen molar-refractivity contribution in [3.8, 4) is 102 Å². The number of unbranched alkanes of at least 4 members (excludes halogenated alkanes) is 10. The van der Waals surface area contributed by atoms with Gasteiger partial charge in [-0.25, -0.2) is 8.78 Å². The van der Waals surface area contributed by atoms with Gasteiger partial charge in [-0.1, -0.05) is 210 Å². The first kappa shape index (κ1) is 83.5. The van der Waals surface area contributed by atoms with Gasteiger partial charge in [0.1, 0.15) is 60.6 Å². The van der Waals surface area contributed by atoms with Gasteiger partial charge in [-0.05, 0) is 167 Å². The largest absolute Gasteiger partial charge is 0.252 e. The van der Waals surface area contributed by atoms with Crippen molar-refractivity contribution >= 4 is 196 Å². The third-order valence-electron chi connectivity index (χ3n) is 25.4. The number of fused-ring (bicyclic) bond motifs is 9. The predicted molar refractivity (Wildman–Crippen MR) is 510 cm³/mol. The first-order valence-corrected chi connectivity index (χ1v) is 56.7. The fraction of sp³-hybridized carbons (Fsp3) is 0.478. The highest BCUT2D eigenvalue weighted by molar-refractivity contribution is 7.33. The van der Waals surface area contributed by atoms with Crippen LogP contribution in [0.1, 0.15) is 233 Å². The van der Waals surface area contributed by atoms with E-state index < -0.39 is 27.8 Å². The third kappa shape index (κ3) is 16.5. The number of hydrogen-bond acceptors (Lipinski definition) is 19. The lowest BCUT2D eigenvalue weighted by Crippen LogP contribution is -2.56. The zero-order chi connectivity index (χ0) is 79.5. The van der Waals surface area contributed by atoms with Crippen molar-refractivity contribution in [1.82, 2.24) is 36.2 Å². The van der Waals surface area contributed by atoms with Gasteiger partial charge in [0.05, 0.1) is 56.1 Å². The summed E-state index contributed by atoms with van der Waals surface area (Å²) in [6.45, 7) is 23.4. The van der Waals surface area contributed by atoms with E-state index in [0.29, 0.717) is 34.7 Å². The average molecular weight is 1770 g/mol.